The molecule has 5 heteroatoms. The highest BCUT2D eigenvalue weighted by molar-refractivity contribution is 5.98. The second kappa shape index (κ2) is 4.37. The van der Waals surface area contributed by atoms with Crippen LogP contribution in [0.25, 0.3) is 10.9 Å². The van der Waals surface area contributed by atoms with E-state index >= 15 is 0 Å². The Morgan fingerprint density at radius 3 is 2.24 bits per heavy atom. The van der Waals surface area contributed by atoms with Crippen molar-refractivity contribution in [2.24, 2.45) is 0 Å². The summed E-state index contributed by atoms with van der Waals surface area (Å²) in [4.78, 5) is 0. The summed E-state index contributed by atoms with van der Waals surface area (Å²) in [7, 11) is 5.44. The molecular formula is C12H16N4O. The number of nitrogens with zero attached hydrogens (tertiary/aromatic N) is 1. The molecule has 1 aromatic carbocycles. The van der Waals surface area contributed by atoms with E-state index in [9.17, 15) is 5.21 Å². The first-order valence-electron chi connectivity index (χ1n) is 5.44. The molecule has 2 rings (SSSR count). The van der Waals surface area contributed by atoms with Crippen molar-refractivity contribution in [2.75, 3.05) is 37.1 Å². The maximum atomic E-state index is 12.0. The number of pyridine rings is 1. The van der Waals surface area contributed by atoms with Gasteiger partial charge < -0.3 is 21.2 Å². The van der Waals surface area contributed by atoms with Crippen LogP contribution in [0.3, 0.4) is 0 Å². The van der Waals surface area contributed by atoms with Crippen LogP contribution in [0, 0.1) is 5.21 Å². The highest BCUT2D eigenvalue weighted by Crippen LogP contribution is 2.28. The average Bonchev–Trinajstić information content (AvgIpc) is 2.37. The van der Waals surface area contributed by atoms with Gasteiger partial charge >= 0.3 is 0 Å². The molecule has 0 aliphatic carbocycles. The van der Waals surface area contributed by atoms with Gasteiger partial charge in [-0.3, -0.25) is 0 Å². The molecule has 5 nitrogen and oxygen atoms in total. The highest BCUT2D eigenvalue weighted by atomic mass is 16.5. The van der Waals surface area contributed by atoms with Crippen molar-refractivity contribution in [1.29, 1.82) is 0 Å². The SMILES string of the molecule is CNc1cc2c(NC)ccc(NC)c2[n+]([O-])c1. The molecule has 0 spiro atoms. The monoisotopic (exact) mass is 232 g/mol. The van der Waals surface area contributed by atoms with Gasteiger partial charge in [0, 0.05) is 26.8 Å². The average molecular weight is 232 g/mol. The van der Waals surface area contributed by atoms with Gasteiger partial charge in [0.1, 0.15) is 11.4 Å². The van der Waals surface area contributed by atoms with Gasteiger partial charge in [0.05, 0.1) is 5.39 Å². The van der Waals surface area contributed by atoms with Gasteiger partial charge in [0.25, 0.3) is 0 Å². The smallest absolute Gasteiger partial charge is 0.249 e. The zero-order valence-corrected chi connectivity index (χ0v) is 10.2. The quantitative estimate of drug-likeness (QED) is 0.555. The highest BCUT2D eigenvalue weighted by Gasteiger charge is 2.14. The van der Waals surface area contributed by atoms with Crippen molar-refractivity contribution in [3.05, 3.63) is 29.6 Å². The molecule has 0 aliphatic heterocycles. The van der Waals surface area contributed by atoms with E-state index in [0.29, 0.717) is 5.52 Å². The van der Waals surface area contributed by atoms with Crippen molar-refractivity contribution in [3.63, 3.8) is 0 Å². The van der Waals surface area contributed by atoms with Crippen LogP contribution < -0.4 is 20.7 Å². The molecule has 0 radical (unpaired) electrons. The molecule has 17 heavy (non-hydrogen) atoms. The second-order valence-corrected chi connectivity index (χ2v) is 3.73. The molecule has 0 saturated heterocycles. The minimum atomic E-state index is 0.637. The Bertz CT molecular complexity index is 554. The van der Waals surface area contributed by atoms with E-state index in [2.05, 4.69) is 16.0 Å². The molecule has 0 atom stereocenters. The van der Waals surface area contributed by atoms with Gasteiger partial charge in [-0.1, -0.05) is 0 Å². The largest absolute Gasteiger partial charge is 0.618 e. The lowest BCUT2D eigenvalue weighted by Gasteiger charge is -2.12. The Morgan fingerprint density at radius 1 is 1.00 bits per heavy atom. The molecule has 0 aliphatic rings. The predicted molar refractivity (Wildman–Crippen MR) is 71.5 cm³/mol. The number of hydrogen-bond acceptors (Lipinski definition) is 4. The van der Waals surface area contributed by atoms with Crippen LogP contribution in [0.1, 0.15) is 0 Å². The molecule has 0 bridgehead atoms. The fourth-order valence-electron chi connectivity index (χ4n) is 1.93. The Kier molecular flexibility index (Phi) is 2.91. The summed E-state index contributed by atoms with van der Waals surface area (Å²) in [5, 5.41) is 22.0. The van der Waals surface area contributed by atoms with Crippen LogP contribution >= 0.6 is 0 Å². The van der Waals surface area contributed by atoms with Crippen LogP contribution in [-0.2, 0) is 0 Å². The summed E-state index contributed by atoms with van der Waals surface area (Å²) in [5.74, 6) is 0. The number of hydrogen-bond donors (Lipinski definition) is 3. The molecule has 3 N–H and O–H groups in total. The maximum absolute atomic E-state index is 12.0. The third kappa shape index (κ3) is 1.80. The molecule has 2 aromatic rings. The lowest BCUT2D eigenvalue weighted by atomic mass is 10.1. The standard InChI is InChI=1S/C12H16N4O/c1-13-8-6-9-10(14-2)4-5-11(15-3)12(9)16(17)7-8/h4-7,13-15H,1-3H3. The lowest BCUT2D eigenvalue weighted by molar-refractivity contribution is -0.575. The van der Waals surface area contributed by atoms with Gasteiger partial charge in [0.2, 0.25) is 11.7 Å². The van der Waals surface area contributed by atoms with Crippen molar-refractivity contribution < 1.29 is 4.73 Å². The molecule has 0 unspecified atom stereocenters. The molecule has 0 saturated carbocycles. The Labute approximate surface area is 100 Å². The Morgan fingerprint density at radius 2 is 1.65 bits per heavy atom. The van der Waals surface area contributed by atoms with Crippen LogP contribution in [0.5, 0.6) is 0 Å². The molecule has 1 heterocycles. The third-order valence-electron chi connectivity index (χ3n) is 2.82. The topological polar surface area (TPSA) is 63.0 Å². The zero-order valence-electron chi connectivity index (χ0n) is 10.2. The third-order valence-corrected chi connectivity index (χ3v) is 2.82. The lowest BCUT2D eigenvalue weighted by Crippen LogP contribution is -2.28. The summed E-state index contributed by atoms with van der Waals surface area (Å²) in [6.07, 6.45) is 1.53. The number of nitrogens with one attached hydrogen (secondary N) is 3. The first kappa shape index (κ1) is 11.3. The van der Waals surface area contributed by atoms with E-state index in [1.165, 1.54) is 6.20 Å². The second-order valence-electron chi connectivity index (χ2n) is 3.73. The van der Waals surface area contributed by atoms with Gasteiger partial charge in [-0.05, 0) is 18.2 Å². The minimum Gasteiger partial charge on any atom is -0.618 e. The van der Waals surface area contributed by atoms with E-state index in [1.807, 2.05) is 25.2 Å². The van der Waals surface area contributed by atoms with Crippen LogP contribution in [0.2, 0.25) is 0 Å². The van der Waals surface area contributed by atoms with Crippen molar-refractivity contribution in [3.8, 4) is 0 Å². The van der Waals surface area contributed by atoms with E-state index in [1.54, 1.807) is 14.1 Å². The van der Waals surface area contributed by atoms with Crippen LogP contribution in [0.15, 0.2) is 24.4 Å². The number of fused-ring (bicyclic) bond motifs is 1. The van der Waals surface area contributed by atoms with Crippen molar-refractivity contribution in [1.82, 2.24) is 0 Å². The molecule has 90 valence electrons. The van der Waals surface area contributed by atoms with Gasteiger partial charge in [0.15, 0.2) is 0 Å². The fourth-order valence-corrected chi connectivity index (χ4v) is 1.93. The molecular weight excluding hydrogens is 216 g/mol. The molecule has 0 fully saturated rings. The number of anilines is 3. The Hall–Kier alpha value is -2.17. The van der Waals surface area contributed by atoms with Crippen molar-refractivity contribution in [2.45, 2.75) is 0 Å². The summed E-state index contributed by atoms with van der Waals surface area (Å²) in [5.41, 5.74) is 3.17. The van der Waals surface area contributed by atoms with Crippen molar-refractivity contribution >= 4 is 28.0 Å². The summed E-state index contributed by atoms with van der Waals surface area (Å²) in [6.45, 7) is 0. The van der Waals surface area contributed by atoms with Gasteiger partial charge in [-0.25, -0.2) is 0 Å². The fraction of sp³-hybridized carbons (Fsp3) is 0.250. The van der Waals surface area contributed by atoms with E-state index in [-0.39, 0.29) is 0 Å². The maximum Gasteiger partial charge on any atom is 0.249 e. The first-order valence-corrected chi connectivity index (χ1v) is 5.44. The van der Waals surface area contributed by atoms with E-state index in [4.69, 9.17) is 0 Å². The summed E-state index contributed by atoms with van der Waals surface area (Å²) >= 11 is 0. The number of rotatable bonds is 3. The predicted octanol–water partition coefficient (Wildman–Crippen LogP) is 1.60. The normalized spacial score (nSPS) is 10.3. The number of aromatic nitrogens is 1. The summed E-state index contributed by atoms with van der Waals surface area (Å²) < 4.78 is 0.883. The van der Waals surface area contributed by atoms with E-state index in [0.717, 1.165) is 27.2 Å². The minimum absolute atomic E-state index is 0.637. The zero-order chi connectivity index (χ0) is 12.4. The first-order chi connectivity index (χ1) is 8.21. The molecule has 1 aromatic heterocycles. The molecule has 0 amide bonds. The van der Waals surface area contributed by atoms with Crippen LogP contribution in [-0.4, -0.2) is 21.1 Å². The number of benzene rings is 1. The Balaban J connectivity index is 2.85. The van der Waals surface area contributed by atoms with Crippen LogP contribution in [0.4, 0.5) is 17.1 Å². The van der Waals surface area contributed by atoms with E-state index < -0.39 is 0 Å². The van der Waals surface area contributed by atoms with Gasteiger partial charge in [-0.15, -0.1) is 0 Å². The summed E-state index contributed by atoms with van der Waals surface area (Å²) in [6, 6.07) is 5.80. The van der Waals surface area contributed by atoms with Gasteiger partial charge in [-0.2, -0.15) is 4.73 Å².